The zero-order valence-electron chi connectivity index (χ0n) is 11.9. The first-order chi connectivity index (χ1) is 9.68. The van der Waals surface area contributed by atoms with Gasteiger partial charge >= 0.3 is 5.97 Å². The lowest BCUT2D eigenvalue weighted by Gasteiger charge is -2.34. The van der Waals surface area contributed by atoms with Crippen LogP contribution < -0.4 is 0 Å². The third kappa shape index (κ3) is 4.18. The van der Waals surface area contributed by atoms with E-state index in [1.54, 1.807) is 4.90 Å². The van der Waals surface area contributed by atoms with Crippen molar-refractivity contribution in [1.29, 1.82) is 0 Å². The highest BCUT2D eigenvalue weighted by Crippen LogP contribution is 2.12. The van der Waals surface area contributed by atoms with E-state index in [0.717, 1.165) is 25.9 Å². The Kier molecular flexibility index (Phi) is 5.79. The van der Waals surface area contributed by atoms with E-state index >= 15 is 0 Å². The Morgan fingerprint density at radius 1 is 1.05 bits per heavy atom. The molecule has 1 amide bonds. The fraction of sp³-hybridized carbons (Fsp3) is 0.857. The number of hydrogen-bond donors (Lipinski definition) is 1. The molecule has 1 N–H and O–H groups in total. The molecule has 2 aliphatic rings. The highest BCUT2D eigenvalue weighted by molar-refractivity contribution is 5.80. The standard InChI is InChI=1S/C14H24N2O4/c17-13(15-6-4-2-1-3-5-7-15)10-16-8-9-20-11-12(16)14(18)19/h12H,1-11H2,(H,18,19). The average Bonchev–Trinajstić information content (AvgIpc) is 2.38. The van der Waals surface area contributed by atoms with Gasteiger partial charge in [-0.1, -0.05) is 19.3 Å². The van der Waals surface area contributed by atoms with Crippen molar-refractivity contribution in [1.82, 2.24) is 9.80 Å². The Bertz CT molecular complexity index is 340. The number of hydrogen-bond acceptors (Lipinski definition) is 4. The van der Waals surface area contributed by atoms with Crippen molar-refractivity contribution >= 4 is 11.9 Å². The van der Waals surface area contributed by atoms with Gasteiger partial charge in [-0.2, -0.15) is 0 Å². The molecular weight excluding hydrogens is 260 g/mol. The highest BCUT2D eigenvalue weighted by Gasteiger charge is 2.31. The van der Waals surface area contributed by atoms with Crippen LogP contribution in [0.4, 0.5) is 0 Å². The van der Waals surface area contributed by atoms with Gasteiger partial charge in [0.15, 0.2) is 0 Å². The topological polar surface area (TPSA) is 70.1 Å². The SMILES string of the molecule is O=C(O)C1COCCN1CC(=O)N1CCCCCCC1. The van der Waals surface area contributed by atoms with E-state index < -0.39 is 12.0 Å². The first-order valence-corrected chi connectivity index (χ1v) is 7.51. The van der Waals surface area contributed by atoms with Crippen molar-refractivity contribution in [3.05, 3.63) is 0 Å². The number of carbonyl (C=O) groups excluding carboxylic acids is 1. The van der Waals surface area contributed by atoms with Crippen LogP contribution >= 0.6 is 0 Å². The molecule has 2 fully saturated rings. The number of nitrogens with zero attached hydrogens (tertiary/aromatic N) is 2. The van der Waals surface area contributed by atoms with Crippen molar-refractivity contribution in [2.45, 2.75) is 38.1 Å². The quantitative estimate of drug-likeness (QED) is 0.820. The number of carboxylic acid groups (broad SMARTS) is 1. The molecule has 1 atom stereocenters. The molecule has 0 aromatic rings. The van der Waals surface area contributed by atoms with E-state index in [4.69, 9.17) is 9.84 Å². The van der Waals surface area contributed by atoms with Crippen LogP contribution in [0.1, 0.15) is 32.1 Å². The molecule has 2 rings (SSSR count). The molecule has 0 bridgehead atoms. The van der Waals surface area contributed by atoms with E-state index in [9.17, 15) is 9.59 Å². The zero-order valence-corrected chi connectivity index (χ0v) is 11.9. The lowest BCUT2D eigenvalue weighted by Crippen LogP contribution is -2.53. The molecule has 0 saturated carbocycles. The molecule has 114 valence electrons. The van der Waals surface area contributed by atoms with Gasteiger partial charge in [0.1, 0.15) is 6.04 Å². The summed E-state index contributed by atoms with van der Waals surface area (Å²) in [6, 6.07) is -0.692. The minimum Gasteiger partial charge on any atom is -0.480 e. The molecular formula is C14H24N2O4. The van der Waals surface area contributed by atoms with Crippen molar-refractivity contribution < 1.29 is 19.4 Å². The molecule has 0 radical (unpaired) electrons. The Labute approximate surface area is 119 Å². The maximum absolute atomic E-state index is 12.4. The molecule has 1 unspecified atom stereocenters. The molecule has 0 aliphatic carbocycles. The molecule has 0 aromatic heterocycles. The predicted octanol–water partition coefficient (Wildman–Crippen LogP) is 0.564. The predicted molar refractivity (Wildman–Crippen MR) is 73.5 cm³/mol. The number of carboxylic acids is 1. The number of likely N-dealkylation sites (tertiary alicyclic amines) is 1. The van der Waals surface area contributed by atoms with Crippen LogP contribution in [-0.4, -0.2) is 72.2 Å². The molecule has 2 aliphatic heterocycles. The van der Waals surface area contributed by atoms with Crippen LogP contribution in [0.2, 0.25) is 0 Å². The van der Waals surface area contributed by atoms with Crippen LogP contribution in [0.25, 0.3) is 0 Å². The molecule has 6 nitrogen and oxygen atoms in total. The second-order valence-corrected chi connectivity index (χ2v) is 5.55. The summed E-state index contributed by atoms with van der Waals surface area (Å²) in [6.45, 7) is 2.98. The summed E-state index contributed by atoms with van der Waals surface area (Å²) in [5.74, 6) is -0.856. The first kappa shape index (κ1) is 15.3. The fourth-order valence-electron chi connectivity index (χ4n) is 2.83. The molecule has 20 heavy (non-hydrogen) atoms. The monoisotopic (exact) mass is 284 g/mol. The summed E-state index contributed by atoms with van der Waals surface area (Å²) in [6.07, 6.45) is 5.72. The van der Waals surface area contributed by atoms with E-state index in [1.807, 2.05) is 4.90 Å². The lowest BCUT2D eigenvalue weighted by atomic mass is 10.1. The maximum atomic E-state index is 12.4. The lowest BCUT2D eigenvalue weighted by molar-refractivity contribution is -0.151. The summed E-state index contributed by atoms with van der Waals surface area (Å²) in [4.78, 5) is 27.2. The largest absolute Gasteiger partial charge is 0.480 e. The number of morpholine rings is 1. The Hall–Kier alpha value is -1.14. The molecule has 2 heterocycles. The van der Waals surface area contributed by atoms with E-state index in [-0.39, 0.29) is 19.1 Å². The molecule has 0 aromatic carbocycles. The van der Waals surface area contributed by atoms with Gasteiger partial charge in [0.25, 0.3) is 0 Å². The summed E-state index contributed by atoms with van der Waals surface area (Å²) in [5.41, 5.74) is 0. The van der Waals surface area contributed by atoms with Gasteiger partial charge in [0.05, 0.1) is 19.8 Å². The van der Waals surface area contributed by atoms with Crippen molar-refractivity contribution in [3.63, 3.8) is 0 Å². The third-order valence-corrected chi connectivity index (χ3v) is 4.07. The number of amides is 1. The smallest absolute Gasteiger partial charge is 0.323 e. The average molecular weight is 284 g/mol. The van der Waals surface area contributed by atoms with Crippen LogP contribution in [-0.2, 0) is 14.3 Å². The summed E-state index contributed by atoms with van der Waals surface area (Å²) < 4.78 is 5.19. The van der Waals surface area contributed by atoms with Gasteiger partial charge < -0.3 is 14.7 Å². The van der Waals surface area contributed by atoms with Crippen molar-refractivity contribution in [2.75, 3.05) is 39.4 Å². The van der Waals surface area contributed by atoms with Crippen LogP contribution in [0.15, 0.2) is 0 Å². The molecule has 2 saturated heterocycles. The normalized spacial score (nSPS) is 25.8. The summed E-state index contributed by atoms with van der Waals surface area (Å²) in [7, 11) is 0. The van der Waals surface area contributed by atoms with Gasteiger partial charge in [-0.05, 0) is 12.8 Å². The Morgan fingerprint density at radius 2 is 1.70 bits per heavy atom. The van der Waals surface area contributed by atoms with Gasteiger partial charge in [-0.15, -0.1) is 0 Å². The Morgan fingerprint density at radius 3 is 2.35 bits per heavy atom. The molecule has 0 spiro atoms. The number of rotatable bonds is 3. The Balaban J connectivity index is 1.89. The van der Waals surface area contributed by atoms with Crippen LogP contribution in [0.5, 0.6) is 0 Å². The minimum atomic E-state index is -0.912. The second kappa shape index (κ2) is 7.59. The number of carbonyl (C=O) groups is 2. The summed E-state index contributed by atoms with van der Waals surface area (Å²) in [5, 5.41) is 9.17. The van der Waals surface area contributed by atoms with Gasteiger partial charge in [0.2, 0.25) is 5.91 Å². The molecule has 6 heteroatoms. The third-order valence-electron chi connectivity index (χ3n) is 4.07. The van der Waals surface area contributed by atoms with Gasteiger partial charge in [0, 0.05) is 19.6 Å². The van der Waals surface area contributed by atoms with Crippen molar-refractivity contribution in [2.24, 2.45) is 0 Å². The fourth-order valence-corrected chi connectivity index (χ4v) is 2.83. The number of ether oxygens (including phenoxy) is 1. The van der Waals surface area contributed by atoms with Gasteiger partial charge in [-0.3, -0.25) is 14.5 Å². The second-order valence-electron chi connectivity index (χ2n) is 5.55. The highest BCUT2D eigenvalue weighted by atomic mass is 16.5. The number of aliphatic carboxylic acids is 1. The maximum Gasteiger partial charge on any atom is 0.323 e. The van der Waals surface area contributed by atoms with Crippen molar-refractivity contribution in [3.8, 4) is 0 Å². The minimum absolute atomic E-state index is 0.0556. The first-order valence-electron chi connectivity index (χ1n) is 7.51. The zero-order chi connectivity index (χ0) is 14.4. The van der Waals surface area contributed by atoms with E-state index in [2.05, 4.69) is 0 Å². The van der Waals surface area contributed by atoms with E-state index in [1.165, 1.54) is 19.3 Å². The van der Waals surface area contributed by atoms with E-state index in [0.29, 0.717) is 13.2 Å². The summed E-state index contributed by atoms with van der Waals surface area (Å²) >= 11 is 0. The van der Waals surface area contributed by atoms with Crippen LogP contribution in [0, 0.1) is 0 Å². The van der Waals surface area contributed by atoms with Gasteiger partial charge in [-0.25, -0.2) is 0 Å². The van der Waals surface area contributed by atoms with Crippen LogP contribution in [0.3, 0.4) is 0 Å².